The maximum absolute atomic E-state index is 12.2. The van der Waals surface area contributed by atoms with Crippen LogP contribution in [-0.4, -0.2) is 79.0 Å². The van der Waals surface area contributed by atoms with Crippen LogP contribution in [0.4, 0.5) is 0 Å². The Morgan fingerprint density at radius 1 is 1.03 bits per heavy atom. The molecule has 1 aromatic heterocycles. The number of rotatable bonds is 6. The van der Waals surface area contributed by atoms with Gasteiger partial charge in [-0.25, -0.2) is 4.79 Å². The Bertz CT molecular complexity index is 921. The van der Waals surface area contributed by atoms with Gasteiger partial charge in [-0.05, 0) is 27.2 Å². The van der Waals surface area contributed by atoms with E-state index in [1.807, 2.05) is 20.8 Å². The van der Waals surface area contributed by atoms with Crippen molar-refractivity contribution in [2.24, 2.45) is 11.8 Å². The van der Waals surface area contributed by atoms with Crippen molar-refractivity contribution in [3.63, 3.8) is 0 Å². The molecule has 4 rings (SSSR count). The van der Waals surface area contributed by atoms with Gasteiger partial charge < -0.3 is 14.2 Å². The van der Waals surface area contributed by atoms with Crippen LogP contribution in [0.3, 0.4) is 0 Å². The van der Waals surface area contributed by atoms with Crippen molar-refractivity contribution in [2.45, 2.75) is 40.0 Å². The van der Waals surface area contributed by atoms with Crippen LogP contribution in [-0.2, 0) is 25.5 Å². The van der Waals surface area contributed by atoms with Gasteiger partial charge in [0.25, 0.3) is 0 Å². The van der Waals surface area contributed by atoms with Gasteiger partial charge in [-0.3, -0.25) is 19.8 Å². The summed E-state index contributed by atoms with van der Waals surface area (Å²) < 4.78 is 16.3. The van der Waals surface area contributed by atoms with Crippen LogP contribution in [0.1, 0.15) is 29.2 Å². The monoisotopic (exact) mass is 442 g/mol. The first kappa shape index (κ1) is 22.9. The van der Waals surface area contributed by atoms with Crippen molar-refractivity contribution in [2.75, 3.05) is 46.9 Å². The molecule has 1 saturated heterocycles. The highest BCUT2D eigenvalue weighted by Gasteiger charge is 2.44. The number of hydrogen-bond donors (Lipinski definition) is 0. The Morgan fingerprint density at radius 3 is 2.34 bits per heavy atom. The fourth-order valence-electron chi connectivity index (χ4n) is 4.99. The minimum Gasteiger partial charge on any atom is -0.471 e. The lowest BCUT2D eigenvalue weighted by Gasteiger charge is -2.38. The van der Waals surface area contributed by atoms with E-state index < -0.39 is 0 Å². The second-order valence-corrected chi connectivity index (χ2v) is 8.93. The first-order chi connectivity index (χ1) is 15.4. The number of piperazine rings is 1. The van der Waals surface area contributed by atoms with Gasteiger partial charge in [0.15, 0.2) is 0 Å². The van der Waals surface area contributed by atoms with Crippen molar-refractivity contribution in [3.8, 4) is 0 Å². The Balaban J connectivity index is 1.35. The van der Waals surface area contributed by atoms with Gasteiger partial charge >= 0.3 is 5.97 Å². The number of nitrogens with zero attached hydrogens (tertiary/aromatic N) is 4. The summed E-state index contributed by atoms with van der Waals surface area (Å²) in [4.78, 5) is 26.5. The molecule has 174 valence electrons. The van der Waals surface area contributed by atoms with Crippen molar-refractivity contribution in [3.05, 3.63) is 46.3 Å². The summed E-state index contributed by atoms with van der Waals surface area (Å²) in [5, 5.41) is 0. The number of carbonyl (C=O) groups is 1. The van der Waals surface area contributed by atoms with Gasteiger partial charge in [-0.15, -0.1) is 0 Å². The molecule has 0 aromatic carbocycles. The zero-order chi connectivity index (χ0) is 22.8. The first-order valence-electron chi connectivity index (χ1n) is 11.3. The van der Waals surface area contributed by atoms with Gasteiger partial charge in [0, 0.05) is 52.3 Å². The lowest BCUT2D eigenvalue weighted by molar-refractivity contribution is -0.146. The number of aromatic nitrogens is 2. The number of aryl methyl sites for hydroxylation is 3. The van der Waals surface area contributed by atoms with Gasteiger partial charge in [-0.2, -0.15) is 0 Å². The first-order valence-corrected chi connectivity index (χ1v) is 11.3. The summed E-state index contributed by atoms with van der Waals surface area (Å²) in [6, 6.07) is 0. The molecule has 3 atom stereocenters. The molecule has 2 aliphatic heterocycles. The number of esters is 1. The molecular weight excluding hydrogens is 408 g/mol. The molecule has 1 fully saturated rings. The number of ether oxygens (including phenoxy) is 3. The zero-order valence-electron chi connectivity index (χ0n) is 19.8. The maximum atomic E-state index is 12.2. The largest absolute Gasteiger partial charge is 0.471 e. The van der Waals surface area contributed by atoms with Crippen LogP contribution in [0, 0.1) is 32.6 Å². The molecule has 3 aliphatic rings. The third kappa shape index (κ3) is 4.58. The molecule has 0 amide bonds. The van der Waals surface area contributed by atoms with E-state index in [-0.39, 0.29) is 24.1 Å². The van der Waals surface area contributed by atoms with E-state index in [9.17, 15) is 4.79 Å². The van der Waals surface area contributed by atoms with E-state index in [0.717, 1.165) is 68.5 Å². The fourth-order valence-corrected chi connectivity index (χ4v) is 4.99. The summed E-state index contributed by atoms with van der Waals surface area (Å²) >= 11 is 0. The SMILES string of the molecule is COC(=O)C1=COC(OC)C2C(CN3CCN(Cc4nc(C)c(C)nc4C)CC3)=CCC12. The molecule has 8 nitrogen and oxygen atoms in total. The van der Waals surface area contributed by atoms with Crippen molar-refractivity contribution >= 4 is 5.97 Å². The maximum Gasteiger partial charge on any atom is 0.337 e. The van der Waals surface area contributed by atoms with Crippen LogP contribution in [0.25, 0.3) is 0 Å². The van der Waals surface area contributed by atoms with E-state index in [4.69, 9.17) is 19.2 Å². The smallest absolute Gasteiger partial charge is 0.337 e. The van der Waals surface area contributed by atoms with Crippen molar-refractivity contribution in [1.82, 2.24) is 19.8 Å². The van der Waals surface area contributed by atoms with Gasteiger partial charge in [0.05, 0.1) is 47.6 Å². The molecule has 3 unspecified atom stereocenters. The van der Waals surface area contributed by atoms with E-state index in [2.05, 4.69) is 20.9 Å². The number of methoxy groups -OCH3 is 2. The summed E-state index contributed by atoms with van der Waals surface area (Å²) in [7, 11) is 3.07. The Kier molecular flexibility index (Phi) is 6.93. The van der Waals surface area contributed by atoms with Gasteiger partial charge in [0.2, 0.25) is 6.29 Å². The quantitative estimate of drug-likeness (QED) is 0.490. The lowest BCUT2D eigenvalue weighted by Crippen LogP contribution is -2.47. The summed E-state index contributed by atoms with van der Waals surface area (Å²) in [6.45, 7) is 11.8. The summed E-state index contributed by atoms with van der Waals surface area (Å²) in [6.07, 6.45) is 4.23. The number of fused-ring (bicyclic) bond motifs is 1. The highest BCUT2D eigenvalue weighted by molar-refractivity contribution is 5.89. The van der Waals surface area contributed by atoms with Crippen molar-refractivity contribution < 1.29 is 19.0 Å². The third-order valence-electron chi connectivity index (χ3n) is 6.99. The molecule has 0 N–H and O–H groups in total. The Labute approximate surface area is 190 Å². The third-order valence-corrected chi connectivity index (χ3v) is 6.99. The minimum atomic E-state index is -0.366. The van der Waals surface area contributed by atoms with E-state index in [1.54, 1.807) is 7.11 Å². The Hall–Kier alpha value is -2.29. The molecular formula is C24H34N4O4. The van der Waals surface area contributed by atoms with Gasteiger partial charge in [0.1, 0.15) is 0 Å². The topological polar surface area (TPSA) is 77.0 Å². The standard InChI is InChI=1S/C24H34N4O4/c1-15-16(2)26-21(17(3)25-15)13-28-10-8-27(9-11-28)12-18-6-7-19-20(23(29)30-4)14-32-24(31-5)22(18)19/h6,14,19,22,24H,7-13H2,1-5H3. The average molecular weight is 443 g/mol. The molecule has 8 heteroatoms. The van der Waals surface area contributed by atoms with Crippen LogP contribution in [0.5, 0.6) is 0 Å². The van der Waals surface area contributed by atoms with Crippen LogP contribution in [0.15, 0.2) is 23.5 Å². The molecule has 32 heavy (non-hydrogen) atoms. The molecule has 0 spiro atoms. The predicted octanol–water partition coefficient (Wildman–Crippen LogP) is 2.14. The minimum absolute atomic E-state index is 0.0468. The molecule has 0 saturated carbocycles. The van der Waals surface area contributed by atoms with Crippen LogP contribution >= 0.6 is 0 Å². The van der Waals surface area contributed by atoms with E-state index in [1.165, 1.54) is 18.9 Å². The highest BCUT2D eigenvalue weighted by Crippen LogP contribution is 2.43. The number of hydrogen-bond acceptors (Lipinski definition) is 8. The van der Waals surface area contributed by atoms with Gasteiger partial charge in [-0.1, -0.05) is 11.6 Å². The second kappa shape index (κ2) is 9.68. The van der Waals surface area contributed by atoms with E-state index >= 15 is 0 Å². The Morgan fingerprint density at radius 2 is 1.69 bits per heavy atom. The van der Waals surface area contributed by atoms with Crippen LogP contribution < -0.4 is 0 Å². The molecule has 1 aromatic rings. The van der Waals surface area contributed by atoms with E-state index in [0.29, 0.717) is 5.57 Å². The fraction of sp³-hybridized carbons (Fsp3) is 0.625. The molecule has 0 bridgehead atoms. The average Bonchev–Trinajstić information content (AvgIpc) is 3.21. The normalized spacial score (nSPS) is 26.2. The number of allylic oxidation sites excluding steroid dienone is 1. The highest BCUT2D eigenvalue weighted by atomic mass is 16.7. The second-order valence-electron chi connectivity index (χ2n) is 8.93. The van der Waals surface area contributed by atoms with Crippen molar-refractivity contribution in [1.29, 1.82) is 0 Å². The molecule has 1 aliphatic carbocycles. The predicted molar refractivity (Wildman–Crippen MR) is 120 cm³/mol. The lowest BCUT2D eigenvalue weighted by atomic mass is 9.83. The molecule has 3 heterocycles. The molecule has 0 radical (unpaired) electrons. The van der Waals surface area contributed by atoms with Crippen LogP contribution in [0.2, 0.25) is 0 Å². The summed E-state index contributed by atoms with van der Waals surface area (Å²) in [5.74, 6) is -0.211. The summed E-state index contributed by atoms with van der Waals surface area (Å²) in [5.41, 5.74) is 6.01. The number of carbonyl (C=O) groups excluding carboxylic acids is 1. The zero-order valence-corrected chi connectivity index (χ0v) is 19.8.